The summed E-state index contributed by atoms with van der Waals surface area (Å²) in [5.74, 6) is 0.351. The molecule has 0 radical (unpaired) electrons. The number of ether oxygens (including phenoxy) is 2. The molecule has 2 unspecified atom stereocenters. The fraction of sp³-hybridized carbons (Fsp3) is 0.296. The quantitative estimate of drug-likeness (QED) is 0.359. The van der Waals surface area contributed by atoms with Crippen molar-refractivity contribution in [2.24, 2.45) is 5.10 Å². The zero-order valence-electron chi connectivity index (χ0n) is 20.3. The van der Waals surface area contributed by atoms with Gasteiger partial charge >= 0.3 is 6.09 Å². The first-order valence-corrected chi connectivity index (χ1v) is 11.5. The number of carbonyl (C=O) groups excluding carboxylic acids is 2. The smallest absolute Gasteiger partial charge is 0.408 e. The van der Waals surface area contributed by atoms with Gasteiger partial charge in [0.2, 0.25) is 0 Å². The highest BCUT2D eigenvalue weighted by atomic mass is 16.6. The van der Waals surface area contributed by atoms with E-state index in [1.807, 2.05) is 67.7 Å². The van der Waals surface area contributed by atoms with E-state index >= 15 is 0 Å². The Hall–Kier alpha value is -4.07. The molecule has 0 saturated carbocycles. The van der Waals surface area contributed by atoms with E-state index in [2.05, 4.69) is 20.8 Å². The van der Waals surface area contributed by atoms with E-state index in [0.29, 0.717) is 0 Å². The first-order chi connectivity index (χ1) is 16.7. The van der Waals surface area contributed by atoms with Crippen LogP contribution in [0, 0.1) is 0 Å². The number of hydrogen-bond acceptors (Lipinski definition) is 5. The van der Waals surface area contributed by atoms with Crippen LogP contribution in [0.15, 0.2) is 65.4 Å². The average molecular weight is 475 g/mol. The third-order valence-electron chi connectivity index (χ3n) is 5.51. The molecule has 3 aromatic rings. The number of aromatic nitrogens is 1. The summed E-state index contributed by atoms with van der Waals surface area (Å²) in [6, 6.07) is 14.6. The Morgan fingerprint density at radius 1 is 1.17 bits per heavy atom. The minimum absolute atomic E-state index is 0.215. The fourth-order valence-electron chi connectivity index (χ4n) is 3.83. The molecule has 182 valence electrons. The van der Waals surface area contributed by atoms with Crippen molar-refractivity contribution >= 4 is 35.2 Å². The highest BCUT2D eigenvalue weighted by Crippen LogP contribution is 2.28. The van der Waals surface area contributed by atoms with Gasteiger partial charge in [0, 0.05) is 34.7 Å². The molecule has 0 saturated heterocycles. The molecule has 1 aliphatic rings. The maximum atomic E-state index is 13.1. The Bertz CT molecular complexity index is 1290. The third kappa shape index (κ3) is 6.09. The number of para-hydroxylation sites is 2. The number of hydrazone groups is 1. The van der Waals surface area contributed by atoms with Crippen molar-refractivity contribution in [1.29, 1.82) is 0 Å². The number of benzene rings is 2. The molecule has 2 amide bonds. The maximum absolute atomic E-state index is 13.1. The number of carbonyl (C=O) groups is 2. The minimum atomic E-state index is -0.893. The van der Waals surface area contributed by atoms with Gasteiger partial charge in [-0.15, -0.1) is 0 Å². The predicted molar refractivity (Wildman–Crippen MR) is 136 cm³/mol. The first kappa shape index (κ1) is 24.1. The number of aromatic amines is 1. The van der Waals surface area contributed by atoms with Gasteiger partial charge in [-0.05, 0) is 51.5 Å². The highest BCUT2D eigenvalue weighted by molar-refractivity contribution is 5.91. The van der Waals surface area contributed by atoms with Gasteiger partial charge in [0.25, 0.3) is 5.91 Å². The minimum Gasteiger partial charge on any atom is -0.485 e. The van der Waals surface area contributed by atoms with Crippen LogP contribution in [0.4, 0.5) is 4.79 Å². The molecule has 4 rings (SSSR count). The zero-order valence-corrected chi connectivity index (χ0v) is 20.3. The van der Waals surface area contributed by atoms with Gasteiger partial charge in [-0.25, -0.2) is 10.2 Å². The second-order valence-electron chi connectivity index (χ2n) is 9.44. The molecule has 1 aliphatic heterocycles. The molecule has 0 bridgehead atoms. The summed E-state index contributed by atoms with van der Waals surface area (Å²) in [6.07, 6.45) is 4.76. The number of H-pyrrole nitrogens is 1. The van der Waals surface area contributed by atoms with Crippen LogP contribution in [0.2, 0.25) is 0 Å². The summed E-state index contributed by atoms with van der Waals surface area (Å²) in [7, 11) is 0. The van der Waals surface area contributed by atoms with Crippen molar-refractivity contribution < 1.29 is 19.1 Å². The molecular formula is C27H30N4O4. The predicted octanol–water partition coefficient (Wildman–Crippen LogP) is 4.57. The van der Waals surface area contributed by atoms with E-state index < -0.39 is 23.6 Å². The lowest BCUT2D eigenvalue weighted by Crippen LogP contribution is -2.48. The highest BCUT2D eigenvalue weighted by Gasteiger charge is 2.26. The summed E-state index contributed by atoms with van der Waals surface area (Å²) >= 11 is 0. The van der Waals surface area contributed by atoms with Gasteiger partial charge in [-0.3, -0.25) is 4.79 Å². The Morgan fingerprint density at radius 3 is 2.71 bits per heavy atom. The number of nitrogens with one attached hydrogen (secondary N) is 3. The third-order valence-corrected chi connectivity index (χ3v) is 5.51. The fourth-order valence-corrected chi connectivity index (χ4v) is 3.83. The summed E-state index contributed by atoms with van der Waals surface area (Å²) in [5.41, 5.74) is 5.48. The summed E-state index contributed by atoms with van der Waals surface area (Å²) < 4.78 is 11.3. The number of fused-ring (bicyclic) bond motifs is 2. The lowest BCUT2D eigenvalue weighted by Gasteiger charge is -2.23. The van der Waals surface area contributed by atoms with Crippen LogP contribution < -0.4 is 15.5 Å². The second kappa shape index (κ2) is 10.0. The van der Waals surface area contributed by atoms with Crippen molar-refractivity contribution in [2.45, 2.75) is 51.9 Å². The first-order valence-electron chi connectivity index (χ1n) is 11.5. The Balaban J connectivity index is 1.49. The zero-order chi connectivity index (χ0) is 25.0. The Kier molecular flexibility index (Phi) is 6.91. The number of hydrogen-bond donors (Lipinski definition) is 3. The normalized spacial score (nSPS) is 16.2. The van der Waals surface area contributed by atoms with Crippen LogP contribution in [0.5, 0.6) is 5.75 Å². The summed E-state index contributed by atoms with van der Waals surface area (Å²) in [5, 5.41) is 7.81. The molecule has 1 aromatic heterocycles. The van der Waals surface area contributed by atoms with E-state index in [1.54, 1.807) is 27.0 Å². The van der Waals surface area contributed by atoms with Crippen LogP contribution in [0.1, 0.15) is 38.8 Å². The monoisotopic (exact) mass is 474 g/mol. The summed E-state index contributed by atoms with van der Waals surface area (Å²) in [4.78, 5) is 28.7. The van der Waals surface area contributed by atoms with E-state index in [-0.39, 0.29) is 12.5 Å². The summed E-state index contributed by atoms with van der Waals surface area (Å²) in [6.45, 7) is 7.22. The van der Waals surface area contributed by atoms with Crippen molar-refractivity contribution in [3.05, 3.63) is 71.4 Å². The van der Waals surface area contributed by atoms with Gasteiger partial charge in [0.1, 0.15) is 23.5 Å². The average Bonchev–Trinajstić information content (AvgIpc) is 3.20. The van der Waals surface area contributed by atoms with Crippen molar-refractivity contribution in [2.75, 3.05) is 0 Å². The molecule has 3 N–H and O–H groups in total. The molecule has 0 fully saturated rings. The van der Waals surface area contributed by atoms with Crippen LogP contribution in [-0.4, -0.2) is 40.9 Å². The number of alkyl carbamates (subject to hydrolysis) is 1. The van der Waals surface area contributed by atoms with Crippen LogP contribution in [0.3, 0.4) is 0 Å². The van der Waals surface area contributed by atoms with Crippen LogP contribution >= 0.6 is 0 Å². The largest absolute Gasteiger partial charge is 0.485 e. The van der Waals surface area contributed by atoms with Gasteiger partial charge in [0.05, 0.1) is 6.21 Å². The van der Waals surface area contributed by atoms with E-state index in [1.165, 1.54) is 0 Å². The standard InChI is InChI=1S/C27H30N4O4/c1-17-19(13-18-9-5-8-12-24(18)34-17)16-29-31-25(32)23(30-26(33)35-27(2,3)4)14-20-15-28-22-11-7-6-10-21(20)22/h5-13,15-17,23,28H,14H2,1-4H3,(H,30,33)(H,31,32). The molecule has 2 aromatic carbocycles. The molecule has 8 nitrogen and oxygen atoms in total. The van der Waals surface area contributed by atoms with Crippen LogP contribution in [0.25, 0.3) is 17.0 Å². The van der Waals surface area contributed by atoms with Crippen LogP contribution in [-0.2, 0) is 16.0 Å². The van der Waals surface area contributed by atoms with Crippen molar-refractivity contribution in [3.8, 4) is 5.75 Å². The maximum Gasteiger partial charge on any atom is 0.408 e. The molecular weight excluding hydrogens is 444 g/mol. The Morgan fingerprint density at radius 2 is 1.91 bits per heavy atom. The molecule has 0 aliphatic carbocycles. The molecule has 35 heavy (non-hydrogen) atoms. The Labute approximate surface area is 204 Å². The van der Waals surface area contributed by atoms with E-state index in [0.717, 1.165) is 33.4 Å². The van der Waals surface area contributed by atoms with Crippen molar-refractivity contribution in [1.82, 2.24) is 15.7 Å². The number of nitrogens with zero attached hydrogens (tertiary/aromatic N) is 1. The van der Waals surface area contributed by atoms with Gasteiger partial charge in [0.15, 0.2) is 0 Å². The lowest BCUT2D eigenvalue weighted by atomic mass is 10.0. The van der Waals surface area contributed by atoms with Gasteiger partial charge < -0.3 is 19.8 Å². The number of rotatable bonds is 6. The topological polar surface area (TPSA) is 105 Å². The lowest BCUT2D eigenvalue weighted by molar-refractivity contribution is -0.123. The van der Waals surface area contributed by atoms with E-state index in [9.17, 15) is 9.59 Å². The van der Waals surface area contributed by atoms with Gasteiger partial charge in [-0.1, -0.05) is 36.4 Å². The SMILES string of the molecule is CC1Oc2ccccc2C=C1C=NNC(=O)C(Cc1c[nH]c2ccccc12)NC(=O)OC(C)(C)C. The van der Waals surface area contributed by atoms with Crippen molar-refractivity contribution in [3.63, 3.8) is 0 Å². The molecule has 8 heteroatoms. The van der Waals surface area contributed by atoms with Gasteiger partial charge in [-0.2, -0.15) is 5.10 Å². The molecule has 2 atom stereocenters. The number of amides is 2. The molecule has 2 heterocycles. The van der Waals surface area contributed by atoms with E-state index in [4.69, 9.17) is 9.47 Å². The molecule has 0 spiro atoms. The second-order valence-corrected chi connectivity index (χ2v) is 9.44.